The predicted molar refractivity (Wildman–Crippen MR) is 88.6 cm³/mol. The van der Waals surface area contributed by atoms with Crippen molar-refractivity contribution in [1.29, 1.82) is 0 Å². The number of rotatable bonds is 5. The van der Waals surface area contributed by atoms with E-state index in [0.717, 1.165) is 21.3 Å². The number of hydrogen-bond donors (Lipinski definition) is 1. The minimum Gasteiger partial charge on any atom is -0.377 e. The highest BCUT2D eigenvalue weighted by Crippen LogP contribution is 2.22. The molecule has 1 amide bonds. The lowest BCUT2D eigenvalue weighted by Gasteiger charge is -2.12. The molecule has 4 heteroatoms. The van der Waals surface area contributed by atoms with Crippen molar-refractivity contribution in [2.75, 3.05) is 11.9 Å². The first-order valence-corrected chi connectivity index (χ1v) is 7.64. The van der Waals surface area contributed by atoms with Crippen molar-refractivity contribution in [2.24, 2.45) is 0 Å². The Morgan fingerprint density at radius 3 is 2.71 bits per heavy atom. The molecular formula is C17H18BrNO2. The van der Waals surface area contributed by atoms with Crippen molar-refractivity contribution in [3.05, 3.63) is 63.6 Å². The van der Waals surface area contributed by atoms with E-state index < -0.39 is 0 Å². The molecule has 2 aromatic rings. The van der Waals surface area contributed by atoms with Crippen molar-refractivity contribution < 1.29 is 9.53 Å². The van der Waals surface area contributed by atoms with Gasteiger partial charge in [-0.05, 0) is 53.5 Å². The van der Waals surface area contributed by atoms with E-state index >= 15 is 0 Å². The molecule has 0 aliphatic rings. The maximum Gasteiger partial charge on any atom is 0.256 e. The highest BCUT2D eigenvalue weighted by atomic mass is 79.9. The van der Waals surface area contributed by atoms with Crippen LogP contribution in [0.25, 0.3) is 0 Å². The summed E-state index contributed by atoms with van der Waals surface area (Å²) in [5, 5.41) is 2.95. The van der Waals surface area contributed by atoms with Crippen molar-refractivity contribution in [2.45, 2.75) is 20.5 Å². The summed E-state index contributed by atoms with van der Waals surface area (Å²) in [6, 6.07) is 13.3. The van der Waals surface area contributed by atoms with Gasteiger partial charge in [0.25, 0.3) is 5.91 Å². The summed E-state index contributed by atoms with van der Waals surface area (Å²) in [6.07, 6.45) is 0. The van der Waals surface area contributed by atoms with E-state index in [1.54, 1.807) is 0 Å². The van der Waals surface area contributed by atoms with Crippen LogP contribution < -0.4 is 5.32 Å². The Labute approximate surface area is 133 Å². The van der Waals surface area contributed by atoms with Gasteiger partial charge in [-0.3, -0.25) is 4.79 Å². The van der Waals surface area contributed by atoms with Gasteiger partial charge in [0.05, 0.1) is 12.2 Å². The largest absolute Gasteiger partial charge is 0.377 e. The van der Waals surface area contributed by atoms with Crippen LogP contribution in [0.5, 0.6) is 0 Å². The Morgan fingerprint density at radius 1 is 1.24 bits per heavy atom. The van der Waals surface area contributed by atoms with Crippen molar-refractivity contribution in [1.82, 2.24) is 0 Å². The lowest BCUT2D eigenvalue weighted by Crippen LogP contribution is -2.14. The van der Waals surface area contributed by atoms with Gasteiger partial charge in [0.2, 0.25) is 0 Å². The van der Waals surface area contributed by atoms with Crippen LogP contribution in [0, 0.1) is 6.92 Å². The summed E-state index contributed by atoms with van der Waals surface area (Å²) >= 11 is 3.44. The van der Waals surface area contributed by atoms with E-state index in [1.807, 2.05) is 56.3 Å². The Hall–Kier alpha value is -1.65. The third-order valence-electron chi connectivity index (χ3n) is 3.10. The second kappa shape index (κ2) is 7.38. The van der Waals surface area contributed by atoms with Gasteiger partial charge in [-0.2, -0.15) is 0 Å². The number of amides is 1. The molecule has 2 aromatic carbocycles. The molecular weight excluding hydrogens is 330 g/mol. The van der Waals surface area contributed by atoms with Gasteiger partial charge < -0.3 is 10.1 Å². The molecule has 0 saturated carbocycles. The van der Waals surface area contributed by atoms with Gasteiger partial charge in [0.15, 0.2) is 0 Å². The van der Waals surface area contributed by atoms with E-state index in [9.17, 15) is 4.79 Å². The van der Waals surface area contributed by atoms with Crippen LogP contribution in [0.1, 0.15) is 28.4 Å². The minimum absolute atomic E-state index is 0.133. The van der Waals surface area contributed by atoms with Gasteiger partial charge in [-0.15, -0.1) is 0 Å². The molecule has 0 spiro atoms. The number of carbonyl (C=O) groups is 1. The number of para-hydroxylation sites is 1. The standard InChI is InChI=1S/C17H18BrNO2/c1-3-21-11-13-6-4-5-7-16(13)19-17(20)14-9-8-12(2)10-15(14)18/h4-10H,3,11H2,1-2H3,(H,19,20). The first-order valence-electron chi connectivity index (χ1n) is 6.85. The highest BCUT2D eigenvalue weighted by molar-refractivity contribution is 9.10. The van der Waals surface area contributed by atoms with E-state index in [-0.39, 0.29) is 5.91 Å². The molecule has 0 radical (unpaired) electrons. The molecule has 21 heavy (non-hydrogen) atoms. The zero-order valence-electron chi connectivity index (χ0n) is 12.2. The number of halogens is 1. The molecule has 0 saturated heterocycles. The first-order chi connectivity index (χ1) is 10.1. The molecule has 0 fully saturated rings. The summed E-state index contributed by atoms with van der Waals surface area (Å²) < 4.78 is 6.22. The summed E-state index contributed by atoms with van der Waals surface area (Å²) in [5.74, 6) is -0.133. The lowest BCUT2D eigenvalue weighted by atomic mass is 10.1. The fraction of sp³-hybridized carbons (Fsp3) is 0.235. The average Bonchev–Trinajstić information content (AvgIpc) is 2.46. The summed E-state index contributed by atoms with van der Waals surface area (Å²) in [7, 11) is 0. The topological polar surface area (TPSA) is 38.3 Å². The third kappa shape index (κ3) is 4.16. The molecule has 1 N–H and O–H groups in total. The molecule has 0 unspecified atom stereocenters. The zero-order chi connectivity index (χ0) is 15.2. The molecule has 2 rings (SSSR count). The Morgan fingerprint density at radius 2 is 2.00 bits per heavy atom. The molecule has 0 aromatic heterocycles. The van der Waals surface area contributed by atoms with Gasteiger partial charge in [0, 0.05) is 22.3 Å². The molecule has 0 aliphatic heterocycles. The highest BCUT2D eigenvalue weighted by Gasteiger charge is 2.12. The second-order valence-electron chi connectivity index (χ2n) is 4.73. The number of hydrogen-bond acceptors (Lipinski definition) is 2. The van der Waals surface area contributed by atoms with Gasteiger partial charge in [-0.1, -0.05) is 24.3 Å². The van der Waals surface area contributed by atoms with Gasteiger partial charge >= 0.3 is 0 Å². The second-order valence-corrected chi connectivity index (χ2v) is 5.59. The number of anilines is 1. The van der Waals surface area contributed by atoms with Crippen LogP contribution in [0.2, 0.25) is 0 Å². The van der Waals surface area contributed by atoms with Gasteiger partial charge in [0.1, 0.15) is 0 Å². The van der Waals surface area contributed by atoms with Crippen LogP contribution in [0.15, 0.2) is 46.9 Å². The predicted octanol–water partition coefficient (Wildman–Crippen LogP) is 4.55. The van der Waals surface area contributed by atoms with E-state index in [4.69, 9.17) is 4.74 Å². The molecule has 0 heterocycles. The number of aryl methyl sites for hydroxylation is 1. The SMILES string of the molecule is CCOCc1ccccc1NC(=O)c1ccc(C)cc1Br. The van der Waals surface area contributed by atoms with E-state index in [2.05, 4.69) is 21.2 Å². The molecule has 0 atom stereocenters. The quantitative estimate of drug-likeness (QED) is 0.861. The summed E-state index contributed by atoms with van der Waals surface area (Å²) in [6.45, 7) is 5.07. The van der Waals surface area contributed by atoms with Crippen LogP contribution >= 0.6 is 15.9 Å². The maximum absolute atomic E-state index is 12.4. The van der Waals surface area contributed by atoms with Crippen molar-refractivity contribution in [3.63, 3.8) is 0 Å². The third-order valence-corrected chi connectivity index (χ3v) is 3.75. The number of carbonyl (C=O) groups excluding carboxylic acids is 1. The maximum atomic E-state index is 12.4. The van der Waals surface area contributed by atoms with Crippen LogP contribution in [-0.2, 0) is 11.3 Å². The fourth-order valence-electron chi connectivity index (χ4n) is 1.97. The fourth-order valence-corrected chi connectivity index (χ4v) is 2.65. The monoisotopic (exact) mass is 347 g/mol. The average molecular weight is 348 g/mol. The zero-order valence-corrected chi connectivity index (χ0v) is 13.7. The Kier molecular flexibility index (Phi) is 5.53. The summed E-state index contributed by atoms with van der Waals surface area (Å²) in [4.78, 5) is 12.4. The molecule has 0 aliphatic carbocycles. The first kappa shape index (κ1) is 15.7. The van der Waals surface area contributed by atoms with Gasteiger partial charge in [-0.25, -0.2) is 0 Å². The van der Waals surface area contributed by atoms with Crippen LogP contribution in [-0.4, -0.2) is 12.5 Å². The molecule has 0 bridgehead atoms. The van der Waals surface area contributed by atoms with Crippen LogP contribution in [0.4, 0.5) is 5.69 Å². The minimum atomic E-state index is -0.133. The Bertz CT molecular complexity index is 640. The number of benzene rings is 2. The normalized spacial score (nSPS) is 10.4. The number of nitrogens with one attached hydrogen (secondary N) is 1. The molecule has 3 nitrogen and oxygen atoms in total. The van der Waals surface area contributed by atoms with Crippen molar-refractivity contribution >= 4 is 27.5 Å². The lowest BCUT2D eigenvalue weighted by molar-refractivity contribution is 0.102. The summed E-state index contributed by atoms with van der Waals surface area (Å²) in [5.41, 5.74) is 3.47. The van der Waals surface area contributed by atoms with Crippen LogP contribution in [0.3, 0.4) is 0 Å². The van der Waals surface area contributed by atoms with Crippen molar-refractivity contribution in [3.8, 4) is 0 Å². The van der Waals surface area contributed by atoms with E-state index in [1.165, 1.54) is 0 Å². The Balaban J connectivity index is 2.19. The molecule has 110 valence electrons. The smallest absolute Gasteiger partial charge is 0.256 e. The number of ether oxygens (including phenoxy) is 1. The van der Waals surface area contributed by atoms with E-state index in [0.29, 0.717) is 18.8 Å².